The highest BCUT2D eigenvalue weighted by molar-refractivity contribution is 5.91. The first-order valence-electron chi connectivity index (χ1n) is 7.40. The summed E-state index contributed by atoms with van der Waals surface area (Å²) in [5.41, 5.74) is -1.95. The average molecular weight is 336 g/mol. The van der Waals surface area contributed by atoms with Crippen LogP contribution in [0.1, 0.15) is 41.5 Å². The van der Waals surface area contributed by atoms with Gasteiger partial charge in [-0.25, -0.2) is 14.4 Å². The molecule has 1 aliphatic rings. The minimum atomic E-state index is -1.78. The Morgan fingerprint density at radius 3 is 1.25 bits per heavy atom. The normalized spacial score (nSPS) is 22.8. The average Bonchev–Trinajstić information content (AvgIpc) is 2.77. The fraction of sp³-hybridized carbons (Fsp3) is 0.500. The molecule has 1 aliphatic carbocycles. The quantitative estimate of drug-likeness (QED) is 0.421. The molecule has 0 aromatic carbocycles. The van der Waals surface area contributed by atoms with Crippen LogP contribution in [0.25, 0.3) is 0 Å². The molecule has 0 aromatic rings. The zero-order chi connectivity index (χ0) is 19.1. The van der Waals surface area contributed by atoms with Gasteiger partial charge in [0.05, 0.1) is 5.41 Å². The lowest BCUT2D eigenvalue weighted by molar-refractivity contribution is -0.214. The maximum absolute atomic E-state index is 12.1. The second kappa shape index (κ2) is 5.92. The molecule has 24 heavy (non-hydrogen) atoms. The van der Waals surface area contributed by atoms with Crippen molar-refractivity contribution in [2.75, 3.05) is 0 Å². The predicted octanol–water partition coefficient (Wildman–Crippen LogP) is 2.84. The highest BCUT2D eigenvalue weighted by Gasteiger charge is 2.90. The molecule has 0 amide bonds. The highest BCUT2D eigenvalue weighted by Crippen LogP contribution is 2.70. The van der Waals surface area contributed by atoms with E-state index in [4.69, 9.17) is 14.2 Å². The lowest BCUT2D eigenvalue weighted by atomic mass is 10.1. The van der Waals surface area contributed by atoms with Crippen LogP contribution in [0.2, 0.25) is 0 Å². The Morgan fingerprint density at radius 1 is 0.667 bits per heavy atom. The van der Waals surface area contributed by atoms with Crippen LogP contribution in [0.3, 0.4) is 0 Å². The van der Waals surface area contributed by atoms with Gasteiger partial charge in [-0.15, -0.1) is 0 Å². The number of hydrogen-bond donors (Lipinski definition) is 0. The van der Waals surface area contributed by atoms with Gasteiger partial charge in [0, 0.05) is 16.7 Å². The van der Waals surface area contributed by atoms with Gasteiger partial charge in [-0.1, -0.05) is 19.7 Å². The third kappa shape index (κ3) is 2.77. The van der Waals surface area contributed by atoms with E-state index in [9.17, 15) is 14.4 Å². The van der Waals surface area contributed by atoms with Crippen molar-refractivity contribution in [3.63, 3.8) is 0 Å². The van der Waals surface area contributed by atoms with Crippen LogP contribution >= 0.6 is 0 Å². The van der Waals surface area contributed by atoms with Gasteiger partial charge >= 0.3 is 23.7 Å². The highest BCUT2D eigenvalue weighted by atomic mass is 16.8. The van der Waals surface area contributed by atoms with Gasteiger partial charge in [-0.2, -0.15) is 0 Å². The molecule has 6 nitrogen and oxygen atoms in total. The summed E-state index contributed by atoms with van der Waals surface area (Å²) in [7, 11) is 0. The molecule has 0 saturated heterocycles. The van der Waals surface area contributed by atoms with Crippen molar-refractivity contribution in [3.8, 4) is 0 Å². The van der Waals surface area contributed by atoms with Gasteiger partial charge < -0.3 is 14.2 Å². The molecule has 132 valence electrons. The molecule has 0 heterocycles. The van der Waals surface area contributed by atoms with E-state index >= 15 is 0 Å². The van der Waals surface area contributed by atoms with Crippen LogP contribution < -0.4 is 0 Å². The Hall–Kier alpha value is -2.37. The molecule has 0 radical (unpaired) electrons. The molecule has 0 bridgehead atoms. The van der Waals surface area contributed by atoms with E-state index in [0.29, 0.717) is 0 Å². The number of esters is 3. The van der Waals surface area contributed by atoms with E-state index in [1.165, 1.54) is 27.7 Å². The van der Waals surface area contributed by atoms with Crippen molar-refractivity contribution in [1.82, 2.24) is 0 Å². The summed E-state index contributed by atoms with van der Waals surface area (Å²) in [5, 5.41) is 0. The molecule has 0 aliphatic heterocycles. The summed E-state index contributed by atoms with van der Waals surface area (Å²) in [5.74, 6) is -3.97. The van der Waals surface area contributed by atoms with Crippen molar-refractivity contribution < 1.29 is 28.6 Å². The Labute approximate surface area is 142 Å². The third-order valence-electron chi connectivity index (χ3n) is 4.40. The fourth-order valence-corrected chi connectivity index (χ4v) is 2.34. The van der Waals surface area contributed by atoms with E-state index in [-0.39, 0.29) is 16.7 Å². The maximum atomic E-state index is 12.1. The SMILES string of the molecule is C=C(C)C(=O)OC1(C)C(C)(C)C1(OC(=O)C(=C)C)OC(=O)C(=C)C. The molecule has 1 fully saturated rings. The first-order chi connectivity index (χ1) is 10.7. The second-order valence-electron chi connectivity index (χ2n) is 6.78. The van der Waals surface area contributed by atoms with Crippen LogP contribution in [0.5, 0.6) is 0 Å². The minimum absolute atomic E-state index is 0.122. The summed E-state index contributed by atoms with van der Waals surface area (Å²) in [6, 6.07) is 0. The lowest BCUT2D eigenvalue weighted by Gasteiger charge is -2.23. The molecule has 1 unspecified atom stereocenters. The smallest absolute Gasteiger partial charge is 0.336 e. The van der Waals surface area contributed by atoms with Gasteiger partial charge in [0.15, 0.2) is 5.60 Å². The zero-order valence-corrected chi connectivity index (χ0v) is 15.1. The van der Waals surface area contributed by atoms with Gasteiger partial charge in [0.25, 0.3) is 0 Å². The second-order valence-corrected chi connectivity index (χ2v) is 6.78. The van der Waals surface area contributed by atoms with Crippen LogP contribution in [0.15, 0.2) is 36.5 Å². The largest absolute Gasteiger partial charge is 0.447 e. The molecule has 0 aromatic heterocycles. The lowest BCUT2D eigenvalue weighted by Crippen LogP contribution is -2.38. The Bertz CT molecular complexity index is 626. The van der Waals surface area contributed by atoms with Crippen LogP contribution in [0.4, 0.5) is 0 Å². The monoisotopic (exact) mass is 336 g/mol. The number of rotatable bonds is 6. The standard InChI is InChI=1S/C18H24O6/c1-10(2)13(19)22-17(9)16(7,8)18(17,23-14(20)11(3)4)24-15(21)12(5)6/h1,3,5H2,2,4,6-9H3. The molecule has 0 spiro atoms. The molecule has 1 atom stereocenters. The molecule has 0 N–H and O–H groups in total. The zero-order valence-electron chi connectivity index (χ0n) is 15.1. The van der Waals surface area contributed by atoms with Crippen LogP contribution in [0, 0.1) is 5.41 Å². The topological polar surface area (TPSA) is 78.9 Å². The summed E-state index contributed by atoms with van der Waals surface area (Å²) in [6.07, 6.45) is 0. The number of hydrogen-bond acceptors (Lipinski definition) is 6. The Morgan fingerprint density at radius 2 is 0.958 bits per heavy atom. The fourth-order valence-electron chi connectivity index (χ4n) is 2.34. The number of carbonyl (C=O) groups is 3. The van der Waals surface area contributed by atoms with Crippen molar-refractivity contribution in [2.45, 2.75) is 52.9 Å². The molecule has 1 saturated carbocycles. The van der Waals surface area contributed by atoms with Gasteiger partial charge in [-0.05, 0) is 41.5 Å². The van der Waals surface area contributed by atoms with Crippen LogP contribution in [-0.2, 0) is 28.6 Å². The van der Waals surface area contributed by atoms with Crippen molar-refractivity contribution in [3.05, 3.63) is 36.5 Å². The molecular weight excluding hydrogens is 312 g/mol. The molecule has 6 heteroatoms. The Kier molecular flexibility index (Phi) is 4.86. The van der Waals surface area contributed by atoms with Crippen molar-refractivity contribution in [2.24, 2.45) is 5.41 Å². The summed E-state index contributed by atoms with van der Waals surface area (Å²) >= 11 is 0. The van der Waals surface area contributed by atoms with E-state index in [2.05, 4.69) is 19.7 Å². The van der Waals surface area contributed by atoms with Crippen LogP contribution in [-0.4, -0.2) is 29.3 Å². The number of carbonyl (C=O) groups excluding carboxylic acids is 3. The van der Waals surface area contributed by atoms with E-state index in [1.54, 1.807) is 13.8 Å². The summed E-state index contributed by atoms with van der Waals surface area (Å²) in [6.45, 7) is 19.8. The minimum Gasteiger partial charge on any atom is -0.447 e. The van der Waals surface area contributed by atoms with E-state index in [1.807, 2.05) is 0 Å². The Balaban J connectivity index is 3.31. The van der Waals surface area contributed by atoms with E-state index < -0.39 is 34.7 Å². The van der Waals surface area contributed by atoms with Gasteiger partial charge in [0.2, 0.25) is 0 Å². The summed E-state index contributed by atoms with van der Waals surface area (Å²) in [4.78, 5) is 36.1. The first kappa shape index (κ1) is 19.7. The van der Waals surface area contributed by atoms with Gasteiger partial charge in [-0.3, -0.25) is 0 Å². The maximum Gasteiger partial charge on any atom is 0.336 e. The van der Waals surface area contributed by atoms with Crippen molar-refractivity contribution in [1.29, 1.82) is 0 Å². The van der Waals surface area contributed by atoms with E-state index in [0.717, 1.165) is 0 Å². The molecular formula is C18H24O6. The molecule has 1 rings (SSSR count). The first-order valence-corrected chi connectivity index (χ1v) is 7.40. The predicted molar refractivity (Wildman–Crippen MR) is 87.6 cm³/mol. The van der Waals surface area contributed by atoms with Crippen molar-refractivity contribution >= 4 is 17.9 Å². The van der Waals surface area contributed by atoms with Gasteiger partial charge in [0.1, 0.15) is 0 Å². The third-order valence-corrected chi connectivity index (χ3v) is 4.40. The summed E-state index contributed by atoms with van der Waals surface area (Å²) < 4.78 is 16.3. The number of ether oxygens (including phenoxy) is 3.